The van der Waals surface area contributed by atoms with Gasteiger partial charge in [-0.15, -0.1) is 0 Å². The van der Waals surface area contributed by atoms with Gasteiger partial charge < -0.3 is 4.74 Å². The predicted molar refractivity (Wildman–Crippen MR) is 82.4 cm³/mol. The van der Waals surface area contributed by atoms with Gasteiger partial charge in [-0.2, -0.15) is 9.90 Å². The molecule has 0 fully saturated rings. The molecule has 0 rings (SSSR count). The first-order valence-corrected chi connectivity index (χ1v) is 6.21. The lowest BCUT2D eigenvalue weighted by atomic mass is 9.98. The summed E-state index contributed by atoms with van der Waals surface area (Å²) in [5, 5.41) is 0. The number of carbonyl (C=O) groups excluding carboxylic acids is 3. The highest BCUT2D eigenvalue weighted by Gasteiger charge is 2.24. The molecule has 0 saturated carbocycles. The third kappa shape index (κ3) is 8.88. The molecular weight excluding hydrogens is 263 g/mol. The molecule has 4 nitrogen and oxygen atoms in total. The molecule has 0 bridgehead atoms. The second-order valence-corrected chi connectivity index (χ2v) is 4.10. The molecule has 0 amide bonds. The van der Waals surface area contributed by atoms with Gasteiger partial charge in [0.25, 0.3) is 0 Å². The minimum absolute atomic E-state index is 0. The molecule has 0 aromatic heterocycles. The van der Waals surface area contributed by atoms with Crippen LogP contribution in [0, 0.1) is 5.92 Å². The Morgan fingerprint density at radius 3 is 1.95 bits per heavy atom. The third-order valence-electron chi connectivity index (χ3n) is 2.79. The molecule has 114 valence electrons. The van der Waals surface area contributed by atoms with E-state index >= 15 is 0 Å². The summed E-state index contributed by atoms with van der Waals surface area (Å²) in [6.07, 6.45) is 0.821. The Bertz CT molecular complexity index is 289. The minimum atomic E-state index is -0.710. The minimum Gasteiger partial charge on any atom is -0.454 e. The van der Waals surface area contributed by atoms with Crippen LogP contribution < -0.4 is 0 Å². The zero-order valence-corrected chi connectivity index (χ0v) is 13.2. The fourth-order valence-corrected chi connectivity index (χ4v) is 1.44. The van der Waals surface area contributed by atoms with Gasteiger partial charge in [-0.3, -0.25) is 14.4 Å². The van der Waals surface area contributed by atoms with Gasteiger partial charge in [-0.25, -0.2) is 0 Å². The number of carbonyl (C=O) groups is 3. The van der Waals surface area contributed by atoms with Crippen molar-refractivity contribution in [2.75, 3.05) is 0 Å². The molecule has 3 atom stereocenters. The molecule has 0 aliphatic rings. The third-order valence-corrected chi connectivity index (χ3v) is 2.79. The number of esters is 1. The summed E-state index contributed by atoms with van der Waals surface area (Å²) >= 11 is 0. The van der Waals surface area contributed by atoms with Gasteiger partial charge in [0.2, 0.25) is 0 Å². The van der Waals surface area contributed by atoms with E-state index in [-0.39, 0.29) is 35.3 Å². The van der Waals surface area contributed by atoms with E-state index in [1.807, 2.05) is 6.92 Å². The monoisotopic (exact) mass is 292 g/mol. The van der Waals surface area contributed by atoms with E-state index in [2.05, 4.69) is 0 Å². The number of rotatable bonds is 8. The van der Waals surface area contributed by atoms with E-state index in [1.165, 1.54) is 0 Å². The molecule has 19 heavy (non-hydrogen) atoms. The van der Waals surface area contributed by atoms with Gasteiger partial charge in [0.15, 0.2) is 11.9 Å². The van der Waals surface area contributed by atoms with Gasteiger partial charge in [0, 0.05) is 19.3 Å². The zero-order valence-electron chi connectivity index (χ0n) is 11.8. The van der Waals surface area contributed by atoms with Crippen molar-refractivity contribution >= 4 is 27.4 Å². The summed E-state index contributed by atoms with van der Waals surface area (Å²) in [6.45, 7) is 6.90. The molecule has 0 aliphatic heterocycles. The van der Waals surface area contributed by atoms with Crippen LogP contribution in [0.1, 0.15) is 60.8 Å². The molecule has 0 saturated heterocycles. The lowest BCUT2D eigenvalue weighted by Gasteiger charge is -2.16. The largest absolute Gasteiger partial charge is 0.454 e. The van der Waals surface area contributed by atoms with Crippen molar-refractivity contribution < 1.29 is 19.1 Å². The van der Waals surface area contributed by atoms with E-state index in [0.717, 1.165) is 0 Å². The van der Waals surface area contributed by atoms with Crippen LogP contribution >= 0.6 is 9.90 Å². The van der Waals surface area contributed by atoms with Crippen molar-refractivity contribution in [2.24, 2.45) is 5.92 Å². The summed E-state index contributed by atoms with van der Waals surface area (Å²) < 4.78 is 5.06. The van der Waals surface area contributed by atoms with E-state index in [4.69, 9.17) is 4.74 Å². The van der Waals surface area contributed by atoms with Crippen molar-refractivity contribution in [3.8, 4) is 0 Å². The van der Waals surface area contributed by atoms with Gasteiger partial charge in [-0.1, -0.05) is 28.2 Å². The van der Waals surface area contributed by atoms with Crippen LogP contribution in [0.4, 0.5) is 0 Å². The standard InChI is InChI=1S/C13H22O4.CH4.H3P/c1-5-10(8-11(14)6-2)13(16)17-9(4)12(15)7-3;;/h9-10H,5-8H2,1-4H3;1H4;1H3/t9-,10+;;/m0../s1. The van der Waals surface area contributed by atoms with Crippen LogP contribution in [-0.4, -0.2) is 23.6 Å². The molecule has 0 aromatic carbocycles. The smallest absolute Gasteiger partial charge is 0.310 e. The lowest BCUT2D eigenvalue weighted by molar-refractivity contribution is -0.159. The Morgan fingerprint density at radius 2 is 1.58 bits per heavy atom. The second kappa shape index (κ2) is 12.3. The fraction of sp³-hybridized carbons (Fsp3) is 0.786. The summed E-state index contributed by atoms with van der Waals surface area (Å²) in [7, 11) is 0. The van der Waals surface area contributed by atoms with Crippen LogP contribution in [-0.2, 0) is 19.1 Å². The summed E-state index contributed by atoms with van der Waals surface area (Å²) in [5.74, 6) is -0.920. The summed E-state index contributed by atoms with van der Waals surface area (Å²) in [4.78, 5) is 34.3. The van der Waals surface area contributed by atoms with Crippen molar-refractivity contribution in [3.63, 3.8) is 0 Å². The van der Waals surface area contributed by atoms with Crippen LogP contribution in [0.25, 0.3) is 0 Å². The molecule has 1 unspecified atom stereocenters. The summed E-state index contributed by atoms with van der Waals surface area (Å²) in [5.41, 5.74) is 0. The van der Waals surface area contributed by atoms with Gasteiger partial charge in [0.1, 0.15) is 5.78 Å². The number of hydrogen-bond acceptors (Lipinski definition) is 4. The first kappa shape index (κ1) is 23.3. The van der Waals surface area contributed by atoms with Crippen LogP contribution in [0.15, 0.2) is 0 Å². The van der Waals surface area contributed by atoms with E-state index in [9.17, 15) is 14.4 Å². The molecular formula is C14H29O4P. The maximum Gasteiger partial charge on any atom is 0.310 e. The average molecular weight is 292 g/mol. The van der Waals surface area contributed by atoms with Crippen LogP contribution in [0.5, 0.6) is 0 Å². The SMILES string of the molecule is C.CCC(=O)C[C@@H](CC)C(=O)O[C@@H](C)C(=O)CC.P. The molecule has 0 spiro atoms. The van der Waals surface area contributed by atoms with E-state index in [0.29, 0.717) is 19.3 Å². The highest BCUT2D eigenvalue weighted by atomic mass is 31.0. The Morgan fingerprint density at radius 1 is 1.05 bits per heavy atom. The van der Waals surface area contributed by atoms with E-state index in [1.54, 1.807) is 20.8 Å². The Balaban J connectivity index is -0.00000128. The fourth-order valence-electron chi connectivity index (χ4n) is 1.44. The van der Waals surface area contributed by atoms with Crippen molar-refractivity contribution in [3.05, 3.63) is 0 Å². The first-order chi connectivity index (χ1) is 7.96. The number of ketones is 2. The number of Topliss-reactive ketones (excluding diaryl/α,β-unsaturated/α-hetero) is 2. The molecule has 0 heterocycles. The van der Waals surface area contributed by atoms with Gasteiger partial charge in [0.05, 0.1) is 5.92 Å². The number of hydrogen-bond donors (Lipinski definition) is 0. The molecule has 0 N–H and O–H groups in total. The van der Waals surface area contributed by atoms with Crippen molar-refractivity contribution in [1.82, 2.24) is 0 Å². The van der Waals surface area contributed by atoms with Crippen LogP contribution in [0.3, 0.4) is 0 Å². The van der Waals surface area contributed by atoms with Gasteiger partial charge >= 0.3 is 5.97 Å². The molecule has 0 aromatic rings. The second-order valence-electron chi connectivity index (χ2n) is 4.10. The topological polar surface area (TPSA) is 60.4 Å². The van der Waals surface area contributed by atoms with Crippen molar-refractivity contribution in [2.45, 2.75) is 66.9 Å². The molecule has 0 aliphatic carbocycles. The summed E-state index contributed by atoms with van der Waals surface area (Å²) in [6, 6.07) is 0. The quantitative estimate of drug-likeness (QED) is 0.509. The van der Waals surface area contributed by atoms with E-state index < -0.39 is 18.0 Å². The normalized spacial score (nSPS) is 12.4. The van der Waals surface area contributed by atoms with Crippen LogP contribution in [0.2, 0.25) is 0 Å². The predicted octanol–water partition coefficient (Wildman–Crippen LogP) is 2.99. The maximum absolute atomic E-state index is 11.7. The Hall–Kier alpha value is -0.760. The van der Waals surface area contributed by atoms with Crippen molar-refractivity contribution in [1.29, 1.82) is 0 Å². The average Bonchev–Trinajstić information content (AvgIpc) is 2.33. The number of ether oxygens (including phenoxy) is 1. The maximum atomic E-state index is 11.7. The Labute approximate surface area is 120 Å². The lowest BCUT2D eigenvalue weighted by Crippen LogP contribution is -2.28. The molecule has 0 radical (unpaired) electrons. The Kier molecular flexibility index (Phi) is 15.1. The first-order valence-electron chi connectivity index (χ1n) is 6.21. The molecule has 5 heteroatoms. The highest BCUT2D eigenvalue weighted by Crippen LogP contribution is 2.14. The van der Waals surface area contributed by atoms with Gasteiger partial charge in [-0.05, 0) is 13.3 Å². The zero-order chi connectivity index (χ0) is 13.4. The highest BCUT2D eigenvalue weighted by molar-refractivity contribution is 6.92.